The van der Waals surface area contributed by atoms with Crippen molar-refractivity contribution in [2.75, 3.05) is 6.61 Å². The van der Waals surface area contributed by atoms with Gasteiger partial charge in [-0.05, 0) is 0 Å². The van der Waals surface area contributed by atoms with Gasteiger partial charge in [0.05, 0.1) is 6.61 Å². The molecule has 0 spiro atoms. The van der Waals surface area contributed by atoms with Gasteiger partial charge >= 0.3 is 5.97 Å². The molecule has 82 valence electrons. The predicted octanol–water partition coefficient (Wildman–Crippen LogP) is -2.32. The highest BCUT2D eigenvalue weighted by Crippen LogP contribution is 1.92. The van der Waals surface area contributed by atoms with Crippen molar-refractivity contribution < 1.29 is 29.7 Å². The number of rotatable bonds is 4. The van der Waals surface area contributed by atoms with Crippen LogP contribution < -0.4 is 5.48 Å². The van der Waals surface area contributed by atoms with Gasteiger partial charge in [-0.15, -0.1) is 0 Å². The van der Waals surface area contributed by atoms with E-state index in [9.17, 15) is 9.59 Å². The van der Waals surface area contributed by atoms with Gasteiger partial charge in [-0.3, -0.25) is 4.79 Å². The van der Waals surface area contributed by atoms with E-state index in [0.717, 1.165) is 0 Å². The maximum Gasteiger partial charge on any atom is 0.331 e. The molecule has 7 nitrogen and oxygen atoms in total. The van der Waals surface area contributed by atoms with E-state index >= 15 is 0 Å². The largest absolute Gasteiger partial charge is 0.394 e. The van der Waals surface area contributed by atoms with E-state index in [-0.39, 0.29) is 6.42 Å². The highest BCUT2D eigenvalue weighted by Gasteiger charge is 2.24. The highest BCUT2D eigenvalue weighted by molar-refractivity contribution is 5.81. The Hall–Kier alpha value is -1.18. The van der Waals surface area contributed by atoms with E-state index < -0.39 is 30.7 Å². The van der Waals surface area contributed by atoms with Crippen LogP contribution >= 0.6 is 0 Å². The molecule has 0 aromatic carbocycles. The van der Waals surface area contributed by atoms with Crippen LogP contribution in [0.1, 0.15) is 13.3 Å². The molecule has 0 heterocycles. The number of aliphatic hydroxyl groups excluding tert-OH is 3. The molecule has 0 aliphatic rings. The first-order chi connectivity index (χ1) is 6.52. The molecule has 7 heteroatoms. The summed E-state index contributed by atoms with van der Waals surface area (Å²) in [6.07, 6.45) is -3.36. The fourth-order valence-corrected chi connectivity index (χ4v) is 0.514. The molecule has 0 radical (unpaired) electrons. The molecule has 4 N–H and O–H groups in total. The van der Waals surface area contributed by atoms with E-state index in [1.165, 1.54) is 6.92 Å². The van der Waals surface area contributed by atoms with Gasteiger partial charge in [0.1, 0.15) is 6.10 Å². The Morgan fingerprint density at radius 2 is 2.00 bits per heavy atom. The molecular formula is C7H13NO6. The molecule has 0 aromatic rings. The van der Waals surface area contributed by atoms with Crippen molar-refractivity contribution in [2.45, 2.75) is 25.6 Å². The number of carbonyl (C=O) groups excluding carboxylic acids is 2. The van der Waals surface area contributed by atoms with Crippen molar-refractivity contribution in [1.82, 2.24) is 5.48 Å². The summed E-state index contributed by atoms with van der Waals surface area (Å²) in [7, 11) is 0. The third-order valence-corrected chi connectivity index (χ3v) is 1.37. The maximum absolute atomic E-state index is 10.9. The number of nitrogens with one attached hydrogen (secondary N) is 1. The zero-order valence-corrected chi connectivity index (χ0v) is 7.64. The van der Waals surface area contributed by atoms with E-state index in [2.05, 4.69) is 4.84 Å². The zero-order valence-electron chi connectivity index (χ0n) is 7.64. The zero-order chi connectivity index (χ0) is 11.1. The first-order valence-electron chi connectivity index (χ1n) is 3.99. The molecule has 2 atom stereocenters. The summed E-state index contributed by atoms with van der Waals surface area (Å²) >= 11 is 0. The van der Waals surface area contributed by atoms with Gasteiger partial charge in [-0.25, -0.2) is 4.79 Å². The minimum absolute atomic E-state index is 0.0684. The van der Waals surface area contributed by atoms with Crippen molar-refractivity contribution in [3.63, 3.8) is 0 Å². The van der Waals surface area contributed by atoms with E-state index in [1.807, 2.05) is 0 Å². The Kier molecular flexibility index (Phi) is 5.77. The van der Waals surface area contributed by atoms with Crippen LogP contribution in [0.2, 0.25) is 0 Å². The molecule has 1 amide bonds. The second-order valence-electron chi connectivity index (χ2n) is 2.49. The van der Waals surface area contributed by atoms with Gasteiger partial charge in [0.25, 0.3) is 5.91 Å². The van der Waals surface area contributed by atoms with E-state index in [4.69, 9.17) is 15.3 Å². The van der Waals surface area contributed by atoms with Crippen LogP contribution in [0.5, 0.6) is 0 Å². The summed E-state index contributed by atoms with van der Waals surface area (Å²) in [5.74, 6) is -1.77. The monoisotopic (exact) mass is 207 g/mol. The summed E-state index contributed by atoms with van der Waals surface area (Å²) in [4.78, 5) is 25.6. The summed E-state index contributed by atoms with van der Waals surface area (Å²) in [5, 5.41) is 26.2. The molecule has 0 fully saturated rings. The predicted molar refractivity (Wildman–Crippen MR) is 43.6 cm³/mol. The van der Waals surface area contributed by atoms with Crippen LogP contribution in [0.15, 0.2) is 0 Å². The Labute approximate surface area is 80.3 Å². The molecule has 0 saturated carbocycles. The topological polar surface area (TPSA) is 116 Å². The number of carbonyl (C=O) groups is 2. The van der Waals surface area contributed by atoms with Gasteiger partial charge in [0.15, 0.2) is 6.10 Å². The molecule has 2 unspecified atom stereocenters. The fourth-order valence-electron chi connectivity index (χ4n) is 0.514. The average molecular weight is 207 g/mol. The second kappa shape index (κ2) is 6.30. The van der Waals surface area contributed by atoms with Crippen molar-refractivity contribution in [1.29, 1.82) is 0 Å². The van der Waals surface area contributed by atoms with E-state index in [0.29, 0.717) is 0 Å². The second-order valence-corrected chi connectivity index (χ2v) is 2.49. The number of hydrogen-bond donors (Lipinski definition) is 4. The number of aliphatic hydroxyl groups is 3. The summed E-state index contributed by atoms with van der Waals surface area (Å²) < 4.78 is 0. The maximum atomic E-state index is 10.9. The molecule has 0 rings (SSSR count). The number of hydrogen-bond acceptors (Lipinski definition) is 6. The average Bonchev–Trinajstić information content (AvgIpc) is 2.22. The van der Waals surface area contributed by atoms with Gasteiger partial charge in [-0.2, -0.15) is 5.48 Å². The van der Waals surface area contributed by atoms with Crippen LogP contribution in [0.4, 0.5) is 0 Å². The Bertz CT molecular complexity index is 206. The van der Waals surface area contributed by atoms with Crippen molar-refractivity contribution >= 4 is 11.9 Å². The van der Waals surface area contributed by atoms with Gasteiger partial charge in [0, 0.05) is 6.42 Å². The molecule has 0 aliphatic heterocycles. The van der Waals surface area contributed by atoms with Crippen LogP contribution in [-0.2, 0) is 14.4 Å². The molecule has 0 aromatic heterocycles. The number of amides is 1. The number of hydroxylamine groups is 1. The standard InChI is InChI=1S/C7H13NO6/c1-2-5(11)14-8-7(13)6(12)4(10)3-9/h4,6,9-10,12H,2-3H2,1H3,(H,8,13). The van der Waals surface area contributed by atoms with Crippen molar-refractivity contribution in [3.05, 3.63) is 0 Å². The minimum atomic E-state index is -1.83. The quantitative estimate of drug-likeness (QED) is 0.385. The third kappa shape index (κ3) is 4.17. The SMILES string of the molecule is CCC(=O)ONC(=O)C(O)C(O)CO. The van der Waals surface area contributed by atoms with Crippen molar-refractivity contribution in [3.8, 4) is 0 Å². The fraction of sp³-hybridized carbons (Fsp3) is 0.714. The van der Waals surface area contributed by atoms with Crippen LogP contribution in [0.3, 0.4) is 0 Å². The first-order valence-corrected chi connectivity index (χ1v) is 3.99. The van der Waals surface area contributed by atoms with Crippen molar-refractivity contribution in [2.24, 2.45) is 0 Å². The van der Waals surface area contributed by atoms with Gasteiger partial charge < -0.3 is 20.2 Å². The molecular weight excluding hydrogens is 194 g/mol. The van der Waals surface area contributed by atoms with Crippen LogP contribution in [-0.4, -0.2) is 46.0 Å². The lowest BCUT2D eigenvalue weighted by molar-refractivity contribution is -0.164. The molecule has 0 aliphatic carbocycles. The molecule has 0 bridgehead atoms. The highest BCUT2D eigenvalue weighted by atomic mass is 16.7. The Balaban J connectivity index is 3.90. The normalized spacial score (nSPS) is 14.3. The summed E-state index contributed by atoms with van der Waals surface area (Å²) in [6.45, 7) is 0.754. The van der Waals surface area contributed by atoms with Gasteiger partial charge in [-0.1, -0.05) is 6.92 Å². The lowest BCUT2D eigenvalue weighted by atomic mass is 10.2. The molecule has 14 heavy (non-hydrogen) atoms. The minimum Gasteiger partial charge on any atom is -0.394 e. The summed E-state index contributed by atoms with van der Waals surface area (Å²) in [6, 6.07) is 0. The van der Waals surface area contributed by atoms with Crippen LogP contribution in [0.25, 0.3) is 0 Å². The van der Waals surface area contributed by atoms with Crippen LogP contribution in [0, 0.1) is 0 Å². The lowest BCUT2D eigenvalue weighted by Crippen LogP contribution is -2.44. The van der Waals surface area contributed by atoms with E-state index in [1.54, 1.807) is 5.48 Å². The Morgan fingerprint density at radius 3 is 2.43 bits per heavy atom. The third-order valence-electron chi connectivity index (χ3n) is 1.37. The first kappa shape index (κ1) is 12.8. The Morgan fingerprint density at radius 1 is 1.43 bits per heavy atom. The smallest absolute Gasteiger partial charge is 0.331 e. The summed E-state index contributed by atoms with van der Waals surface area (Å²) in [5.41, 5.74) is 1.64. The lowest BCUT2D eigenvalue weighted by Gasteiger charge is -2.14. The van der Waals surface area contributed by atoms with Gasteiger partial charge in [0.2, 0.25) is 0 Å². The molecule has 0 saturated heterocycles.